The fraction of sp³-hybridized carbons (Fsp3) is 0.417. The Morgan fingerprint density at radius 1 is 0.879 bits per heavy atom. The van der Waals surface area contributed by atoms with Crippen LogP contribution < -0.4 is 0 Å². The molecule has 0 aromatic heterocycles. The van der Waals surface area contributed by atoms with Crippen LogP contribution in [0.15, 0.2) is 82.6 Å². The molecule has 0 radical (unpaired) electrons. The Kier molecular flexibility index (Phi) is 5.95. The van der Waals surface area contributed by atoms with E-state index < -0.39 is 48.2 Å². The van der Waals surface area contributed by atoms with Crippen LogP contribution in [0.5, 0.6) is 0 Å². The van der Waals surface area contributed by atoms with Crippen molar-refractivity contribution in [1.29, 1.82) is 0 Å². The third kappa shape index (κ3) is 3.95. The molecule has 3 aliphatic rings. The monoisotopic (exact) mass is 490 g/mol. The SMILES string of the molecule is O=S(=O)(c1ccccc1)[C@@H]1[C@H]2C=C[C@@](CO[C@H]3CCCCO3)(O2)[C@H]1S(=O)(=O)c1ccccc1. The summed E-state index contributed by atoms with van der Waals surface area (Å²) >= 11 is 0. The van der Waals surface area contributed by atoms with Crippen LogP contribution in [0.2, 0.25) is 0 Å². The zero-order valence-corrected chi connectivity index (χ0v) is 19.6. The molecule has 3 aliphatic heterocycles. The zero-order chi connectivity index (χ0) is 23.1. The Morgan fingerprint density at radius 2 is 1.52 bits per heavy atom. The van der Waals surface area contributed by atoms with Gasteiger partial charge in [0.2, 0.25) is 0 Å². The van der Waals surface area contributed by atoms with Crippen LogP contribution in [0, 0.1) is 0 Å². The molecule has 5 atom stereocenters. The molecule has 2 aromatic carbocycles. The molecule has 3 heterocycles. The van der Waals surface area contributed by atoms with Crippen molar-refractivity contribution in [2.24, 2.45) is 0 Å². The average Bonchev–Trinajstić information content (AvgIpc) is 3.42. The summed E-state index contributed by atoms with van der Waals surface area (Å²) in [7, 11) is -8.13. The van der Waals surface area contributed by atoms with E-state index >= 15 is 0 Å². The molecule has 2 aromatic rings. The van der Waals surface area contributed by atoms with Crippen molar-refractivity contribution in [1.82, 2.24) is 0 Å². The first kappa shape index (κ1) is 22.7. The summed E-state index contributed by atoms with van der Waals surface area (Å²) in [5.74, 6) is 0. The van der Waals surface area contributed by atoms with Gasteiger partial charge in [-0.15, -0.1) is 0 Å². The maximum Gasteiger partial charge on any atom is 0.185 e. The van der Waals surface area contributed by atoms with Gasteiger partial charge in [-0.05, 0) is 43.5 Å². The maximum atomic E-state index is 13.9. The predicted octanol–water partition coefficient (Wildman–Crippen LogP) is 2.92. The lowest BCUT2D eigenvalue weighted by molar-refractivity contribution is -0.185. The molecular weight excluding hydrogens is 464 g/mol. The van der Waals surface area contributed by atoms with E-state index in [1.165, 1.54) is 24.3 Å². The fourth-order valence-corrected chi connectivity index (χ4v) is 9.76. The first-order valence-corrected chi connectivity index (χ1v) is 14.1. The van der Waals surface area contributed by atoms with Crippen LogP contribution in [0.4, 0.5) is 0 Å². The van der Waals surface area contributed by atoms with Crippen molar-refractivity contribution >= 4 is 19.7 Å². The van der Waals surface area contributed by atoms with E-state index in [1.54, 1.807) is 48.6 Å². The average molecular weight is 491 g/mol. The molecule has 2 fully saturated rings. The second-order valence-corrected chi connectivity index (χ2v) is 12.8. The van der Waals surface area contributed by atoms with Crippen molar-refractivity contribution in [3.63, 3.8) is 0 Å². The molecule has 2 bridgehead atoms. The zero-order valence-electron chi connectivity index (χ0n) is 17.9. The van der Waals surface area contributed by atoms with Crippen molar-refractivity contribution in [2.45, 2.75) is 57.5 Å². The molecular formula is C24H26O7S2. The summed E-state index contributed by atoms with van der Waals surface area (Å²) in [6.07, 6.45) is 4.55. The van der Waals surface area contributed by atoms with Gasteiger partial charge in [0.15, 0.2) is 26.0 Å². The summed E-state index contributed by atoms with van der Waals surface area (Å²) in [5, 5.41) is -2.66. The minimum absolute atomic E-state index is 0.0566. The van der Waals surface area contributed by atoms with E-state index in [2.05, 4.69) is 0 Å². The molecule has 2 saturated heterocycles. The van der Waals surface area contributed by atoms with Crippen LogP contribution >= 0.6 is 0 Å². The van der Waals surface area contributed by atoms with E-state index in [9.17, 15) is 16.8 Å². The molecule has 33 heavy (non-hydrogen) atoms. The fourth-order valence-electron chi connectivity index (χ4n) is 4.91. The third-order valence-corrected chi connectivity index (χ3v) is 11.1. The van der Waals surface area contributed by atoms with Crippen molar-refractivity contribution in [2.75, 3.05) is 13.2 Å². The Morgan fingerprint density at radius 3 is 2.12 bits per heavy atom. The van der Waals surface area contributed by atoms with Crippen LogP contribution in [0.25, 0.3) is 0 Å². The summed E-state index contributed by atoms with van der Waals surface area (Å²) in [6, 6.07) is 15.8. The molecule has 0 unspecified atom stereocenters. The Hall–Kier alpha value is -2.04. The van der Waals surface area contributed by atoms with Gasteiger partial charge in [-0.25, -0.2) is 16.8 Å². The summed E-state index contributed by atoms with van der Waals surface area (Å²) in [6.45, 7) is 0.468. The van der Waals surface area contributed by atoms with Gasteiger partial charge in [0.25, 0.3) is 0 Å². The van der Waals surface area contributed by atoms with E-state index in [-0.39, 0.29) is 16.4 Å². The summed E-state index contributed by atoms with van der Waals surface area (Å²) in [5.41, 5.74) is -1.42. The van der Waals surface area contributed by atoms with Gasteiger partial charge < -0.3 is 14.2 Å². The second kappa shape index (κ2) is 8.63. The summed E-state index contributed by atoms with van der Waals surface area (Å²) < 4.78 is 73.0. The Bertz CT molecular complexity index is 1220. The minimum atomic E-state index is -4.10. The lowest BCUT2D eigenvalue weighted by atomic mass is 9.94. The first-order chi connectivity index (χ1) is 15.8. The van der Waals surface area contributed by atoms with Gasteiger partial charge in [0.1, 0.15) is 16.1 Å². The smallest absolute Gasteiger partial charge is 0.185 e. The second-order valence-electron chi connectivity index (χ2n) is 8.61. The number of ether oxygens (including phenoxy) is 3. The van der Waals surface area contributed by atoms with Gasteiger partial charge in [-0.3, -0.25) is 0 Å². The first-order valence-electron chi connectivity index (χ1n) is 11.0. The Balaban J connectivity index is 1.57. The van der Waals surface area contributed by atoms with Crippen LogP contribution in [0.1, 0.15) is 19.3 Å². The normalized spacial score (nSPS) is 31.6. The highest BCUT2D eigenvalue weighted by atomic mass is 32.2. The van der Waals surface area contributed by atoms with Gasteiger partial charge in [-0.1, -0.05) is 48.6 Å². The van der Waals surface area contributed by atoms with Gasteiger partial charge >= 0.3 is 0 Å². The lowest BCUT2D eigenvalue weighted by Gasteiger charge is -2.34. The molecule has 0 aliphatic carbocycles. The highest BCUT2D eigenvalue weighted by Crippen LogP contribution is 2.48. The van der Waals surface area contributed by atoms with Crippen LogP contribution in [-0.4, -0.2) is 58.5 Å². The molecule has 5 rings (SSSR count). The molecule has 0 amide bonds. The minimum Gasteiger partial charge on any atom is -0.358 e. The number of benzene rings is 2. The predicted molar refractivity (Wildman–Crippen MR) is 121 cm³/mol. The highest BCUT2D eigenvalue weighted by molar-refractivity contribution is 7.96. The van der Waals surface area contributed by atoms with Crippen molar-refractivity contribution in [3.8, 4) is 0 Å². The number of hydrogen-bond donors (Lipinski definition) is 0. The van der Waals surface area contributed by atoms with E-state index in [0.29, 0.717) is 13.0 Å². The van der Waals surface area contributed by atoms with Gasteiger partial charge in [0, 0.05) is 6.61 Å². The summed E-state index contributed by atoms with van der Waals surface area (Å²) in [4.78, 5) is 0.126. The molecule has 7 nitrogen and oxygen atoms in total. The molecule has 0 saturated carbocycles. The van der Waals surface area contributed by atoms with Gasteiger partial charge in [0.05, 0.1) is 22.5 Å². The highest BCUT2D eigenvalue weighted by Gasteiger charge is 2.66. The van der Waals surface area contributed by atoms with Crippen LogP contribution in [0.3, 0.4) is 0 Å². The molecule has 0 N–H and O–H groups in total. The molecule has 176 valence electrons. The largest absolute Gasteiger partial charge is 0.358 e. The van der Waals surface area contributed by atoms with Crippen molar-refractivity contribution in [3.05, 3.63) is 72.8 Å². The lowest BCUT2D eigenvalue weighted by Crippen LogP contribution is -2.54. The maximum absolute atomic E-state index is 13.9. The van der Waals surface area contributed by atoms with E-state index in [4.69, 9.17) is 14.2 Å². The number of hydrogen-bond acceptors (Lipinski definition) is 7. The van der Waals surface area contributed by atoms with E-state index in [1.807, 2.05) is 0 Å². The van der Waals surface area contributed by atoms with Crippen molar-refractivity contribution < 1.29 is 31.0 Å². The van der Waals surface area contributed by atoms with Crippen LogP contribution in [-0.2, 0) is 33.9 Å². The number of rotatable bonds is 7. The topological polar surface area (TPSA) is 96.0 Å². The number of fused-ring (bicyclic) bond motifs is 2. The quantitative estimate of drug-likeness (QED) is 0.551. The van der Waals surface area contributed by atoms with Gasteiger partial charge in [-0.2, -0.15) is 0 Å². The molecule has 0 spiro atoms. The standard InChI is InChI=1S/C24H26O7S2/c25-32(26,18-9-3-1-4-10-18)22-20-14-15-24(31-20,17-30-21-13-7-8-16-29-21)23(22)33(27,28)19-11-5-2-6-12-19/h1-6,9-12,14-15,20-23H,7-8,13,16-17H2/t20-,21+,22-,23+,24+/m1/s1. The third-order valence-electron chi connectivity index (χ3n) is 6.50. The van der Waals surface area contributed by atoms with E-state index in [0.717, 1.165) is 12.8 Å². The Labute approximate surface area is 194 Å². The number of sulfone groups is 2. The molecule has 9 heteroatoms.